The van der Waals surface area contributed by atoms with Crippen molar-refractivity contribution in [1.29, 1.82) is 0 Å². The van der Waals surface area contributed by atoms with Gasteiger partial charge in [-0.3, -0.25) is 9.79 Å². The summed E-state index contributed by atoms with van der Waals surface area (Å²) in [5, 5.41) is 3.80. The number of hydrogen-bond acceptors (Lipinski definition) is 5. The van der Waals surface area contributed by atoms with Crippen molar-refractivity contribution in [3.05, 3.63) is 69.4 Å². The first kappa shape index (κ1) is 22.4. The molecule has 0 aliphatic rings. The summed E-state index contributed by atoms with van der Waals surface area (Å²) in [7, 11) is 0. The maximum absolute atomic E-state index is 12.2. The molecular weight excluding hydrogens is 386 g/mol. The van der Waals surface area contributed by atoms with E-state index in [0.29, 0.717) is 46.7 Å². The van der Waals surface area contributed by atoms with Crippen LogP contribution in [-0.2, 0) is 6.54 Å². The molecule has 0 aliphatic carbocycles. The Morgan fingerprint density at radius 3 is 2.83 bits per heavy atom. The van der Waals surface area contributed by atoms with Crippen molar-refractivity contribution < 1.29 is 0 Å². The first-order valence-corrected chi connectivity index (χ1v) is 9.98. The second kappa shape index (κ2) is 10.6. The summed E-state index contributed by atoms with van der Waals surface area (Å²) in [5.74, 6) is 0.720. The van der Waals surface area contributed by atoms with Gasteiger partial charge in [0.05, 0.1) is 10.7 Å². The summed E-state index contributed by atoms with van der Waals surface area (Å²) in [6.07, 6.45) is 3.95. The molecule has 154 valence electrons. The molecule has 0 spiro atoms. The summed E-state index contributed by atoms with van der Waals surface area (Å²) in [6.45, 7) is 11.5. The molecule has 0 saturated heterocycles. The van der Waals surface area contributed by atoms with Crippen LogP contribution in [0.4, 0.5) is 0 Å². The van der Waals surface area contributed by atoms with E-state index >= 15 is 0 Å². The van der Waals surface area contributed by atoms with Crippen LogP contribution >= 0.6 is 11.6 Å². The molecule has 0 aliphatic heterocycles. The number of halogens is 1. The van der Waals surface area contributed by atoms with Crippen LogP contribution in [0, 0.1) is 5.92 Å². The van der Waals surface area contributed by atoms with E-state index in [9.17, 15) is 4.79 Å². The molecule has 29 heavy (non-hydrogen) atoms. The molecule has 1 aromatic carbocycles. The normalized spacial score (nSPS) is 12.0. The SMILES string of the molecule is C=C(NCc1ccc(Cl)c(-c2nc(C(C=NCCC)=CN)cc(=O)[nH]2)c1)C(C)C. The summed E-state index contributed by atoms with van der Waals surface area (Å²) in [5.41, 5.74) is 9.05. The molecule has 0 bridgehead atoms. The molecule has 0 saturated carbocycles. The average Bonchev–Trinajstić information content (AvgIpc) is 2.69. The molecule has 4 N–H and O–H groups in total. The van der Waals surface area contributed by atoms with Gasteiger partial charge in [-0.2, -0.15) is 0 Å². The van der Waals surface area contributed by atoms with E-state index < -0.39 is 0 Å². The third-order valence-corrected chi connectivity index (χ3v) is 4.63. The lowest BCUT2D eigenvalue weighted by molar-refractivity contribution is 0.656. The van der Waals surface area contributed by atoms with E-state index in [2.05, 4.69) is 40.7 Å². The number of aromatic amines is 1. The van der Waals surface area contributed by atoms with Crippen LogP contribution in [0.25, 0.3) is 17.0 Å². The van der Waals surface area contributed by atoms with Gasteiger partial charge in [-0.05, 0) is 30.0 Å². The van der Waals surface area contributed by atoms with E-state index in [-0.39, 0.29) is 5.56 Å². The Bertz CT molecular complexity index is 975. The van der Waals surface area contributed by atoms with Crippen LogP contribution in [0.5, 0.6) is 0 Å². The zero-order chi connectivity index (χ0) is 21.4. The highest BCUT2D eigenvalue weighted by Crippen LogP contribution is 2.26. The molecule has 1 aromatic heterocycles. The largest absolute Gasteiger partial charge is 0.404 e. The van der Waals surface area contributed by atoms with Crippen molar-refractivity contribution in [2.45, 2.75) is 33.7 Å². The average molecular weight is 414 g/mol. The molecule has 0 atom stereocenters. The summed E-state index contributed by atoms with van der Waals surface area (Å²) in [4.78, 5) is 23.9. The van der Waals surface area contributed by atoms with Crippen LogP contribution in [0.2, 0.25) is 5.02 Å². The topological polar surface area (TPSA) is 96.2 Å². The lowest BCUT2D eigenvalue weighted by Gasteiger charge is -2.14. The summed E-state index contributed by atoms with van der Waals surface area (Å²) in [6, 6.07) is 7.02. The summed E-state index contributed by atoms with van der Waals surface area (Å²) >= 11 is 6.40. The fourth-order valence-corrected chi connectivity index (χ4v) is 2.71. The Labute approximate surface area is 176 Å². The van der Waals surface area contributed by atoms with Gasteiger partial charge in [-0.1, -0.05) is 45.0 Å². The van der Waals surface area contributed by atoms with Gasteiger partial charge in [0.15, 0.2) is 0 Å². The molecule has 0 radical (unpaired) electrons. The number of nitrogens with zero attached hydrogens (tertiary/aromatic N) is 2. The Morgan fingerprint density at radius 2 is 2.17 bits per heavy atom. The van der Waals surface area contributed by atoms with Crippen LogP contribution in [0.3, 0.4) is 0 Å². The van der Waals surface area contributed by atoms with Crippen LogP contribution in [-0.4, -0.2) is 22.7 Å². The van der Waals surface area contributed by atoms with Gasteiger partial charge < -0.3 is 16.0 Å². The maximum atomic E-state index is 12.2. The van der Waals surface area contributed by atoms with E-state index in [4.69, 9.17) is 17.3 Å². The Hall–Kier alpha value is -2.86. The van der Waals surface area contributed by atoms with Gasteiger partial charge in [0.1, 0.15) is 5.82 Å². The zero-order valence-corrected chi connectivity index (χ0v) is 17.9. The number of aliphatic imine (C=N–C) groups is 1. The molecule has 2 rings (SSSR count). The fraction of sp³-hybridized carbons (Fsp3) is 0.318. The minimum absolute atomic E-state index is 0.291. The number of nitrogens with two attached hydrogens (primary N) is 1. The van der Waals surface area contributed by atoms with Gasteiger partial charge in [0.25, 0.3) is 5.56 Å². The predicted molar refractivity (Wildman–Crippen MR) is 122 cm³/mol. The van der Waals surface area contributed by atoms with Crippen molar-refractivity contribution in [2.24, 2.45) is 16.6 Å². The van der Waals surface area contributed by atoms with Gasteiger partial charge in [0.2, 0.25) is 0 Å². The summed E-state index contributed by atoms with van der Waals surface area (Å²) < 4.78 is 0. The van der Waals surface area contributed by atoms with Crippen molar-refractivity contribution in [1.82, 2.24) is 15.3 Å². The second-order valence-corrected chi connectivity index (χ2v) is 7.39. The van der Waals surface area contributed by atoms with E-state index in [1.165, 1.54) is 12.3 Å². The number of benzene rings is 1. The lowest BCUT2D eigenvalue weighted by Crippen LogP contribution is -2.16. The minimum Gasteiger partial charge on any atom is -0.404 e. The standard InChI is InChI=1S/C22H28ClN5O/c1-5-8-25-13-17(11-24)20-10-21(29)28-22(27-20)18-9-16(6-7-19(18)23)12-26-15(4)14(2)3/h6-7,9-11,13-14,26H,4-5,8,12,24H2,1-3H3,(H,27,28,29). The quantitative estimate of drug-likeness (QED) is 0.538. The zero-order valence-electron chi connectivity index (χ0n) is 17.1. The third-order valence-electron chi connectivity index (χ3n) is 4.30. The first-order chi connectivity index (χ1) is 13.8. The van der Waals surface area contributed by atoms with E-state index in [1.807, 2.05) is 19.1 Å². The van der Waals surface area contributed by atoms with Crippen molar-refractivity contribution in [2.75, 3.05) is 6.54 Å². The highest BCUT2D eigenvalue weighted by molar-refractivity contribution is 6.33. The number of rotatable bonds is 9. The van der Waals surface area contributed by atoms with Crippen molar-refractivity contribution in [3.8, 4) is 11.4 Å². The molecule has 0 unspecified atom stereocenters. The highest BCUT2D eigenvalue weighted by Gasteiger charge is 2.11. The van der Waals surface area contributed by atoms with Gasteiger partial charge in [-0.25, -0.2) is 4.98 Å². The van der Waals surface area contributed by atoms with Crippen LogP contribution < -0.4 is 16.6 Å². The molecule has 7 heteroatoms. The van der Waals surface area contributed by atoms with Gasteiger partial charge >= 0.3 is 0 Å². The number of H-pyrrole nitrogens is 1. The van der Waals surface area contributed by atoms with Crippen molar-refractivity contribution in [3.63, 3.8) is 0 Å². The predicted octanol–water partition coefficient (Wildman–Crippen LogP) is 4.13. The smallest absolute Gasteiger partial charge is 0.251 e. The van der Waals surface area contributed by atoms with Crippen molar-refractivity contribution >= 4 is 23.4 Å². The Balaban J connectivity index is 2.39. The fourth-order valence-electron chi connectivity index (χ4n) is 2.50. The number of aromatic nitrogens is 2. The van der Waals surface area contributed by atoms with Crippen LogP contribution in [0.15, 0.2) is 52.5 Å². The monoisotopic (exact) mass is 413 g/mol. The van der Waals surface area contributed by atoms with Crippen LogP contribution in [0.1, 0.15) is 38.4 Å². The molecular formula is C22H28ClN5O. The molecule has 2 aromatic rings. The Morgan fingerprint density at radius 1 is 1.41 bits per heavy atom. The number of hydrogen-bond donors (Lipinski definition) is 3. The first-order valence-electron chi connectivity index (χ1n) is 9.60. The van der Waals surface area contributed by atoms with E-state index in [0.717, 1.165) is 17.7 Å². The number of allylic oxidation sites excluding steroid dienone is 2. The molecule has 0 fully saturated rings. The maximum Gasteiger partial charge on any atom is 0.251 e. The Kier molecular flexibility index (Phi) is 8.21. The molecule has 1 heterocycles. The van der Waals surface area contributed by atoms with Gasteiger partial charge in [-0.15, -0.1) is 0 Å². The van der Waals surface area contributed by atoms with E-state index in [1.54, 1.807) is 12.3 Å². The number of nitrogens with one attached hydrogen (secondary N) is 2. The third kappa shape index (κ3) is 6.32. The lowest BCUT2D eigenvalue weighted by atomic mass is 10.1. The second-order valence-electron chi connectivity index (χ2n) is 6.98. The minimum atomic E-state index is -0.291. The molecule has 0 amide bonds. The highest BCUT2D eigenvalue weighted by atomic mass is 35.5. The van der Waals surface area contributed by atoms with Gasteiger partial charge in [0, 0.05) is 48.4 Å². The molecule has 6 nitrogen and oxygen atoms in total.